The molecule has 0 unspecified atom stereocenters. The van der Waals surface area contributed by atoms with Crippen molar-refractivity contribution in [1.29, 1.82) is 0 Å². The van der Waals surface area contributed by atoms with E-state index in [9.17, 15) is 14.7 Å². The molecule has 0 saturated carbocycles. The highest BCUT2D eigenvalue weighted by Crippen LogP contribution is 2.32. The number of ether oxygens (including phenoxy) is 1. The number of benzene rings is 3. The van der Waals surface area contributed by atoms with Crippen LogP contribution in [0.4, 0.5) is 0 Å². The zero-order valence-electron chi connectivity index (χ0n) is 16.4. The smallest absolute Gasteiger partial charge is 0.255 e. The molecule has 3 aromatic rings. The monoisotopic (exact) mass is 408 g/mol. The summed E-state index contributed by atoms with van der Waals surface area (Å²) in [6.45, 7) is 0. The summed E-state index contributed by atoms with van der Waals surface area (Å²) in [7, 11) is 0. The molecule has 0 bridgehead atoms. The van der Waals surface area contributed by atoms with E-state index in [4.69, 9.17) is 4.74 Å². The van der Waals surface area contributed by atoms with Gasteiger partial charge in [0.1, 0.15) is 11.5 Å². The Bertz CT molecular complexity index is 1140. The van der Waals surface area contributed by atoms with Crippen molar-refractivity contribution in [3.63, 3.8) is 0 Å². The fourth-order valence-electron chi connectivity index (χ4n) is 3.15. The lowest BCUT2D eigenvalue weighted by molar-refractivity contribution is -0.299. The van der Waals surface area contributed by atoms with Crippen molar-refractivity contribution in [3.05, 3.63) is 131 Å². The minimum Gasteiger partial charge on any atom is -0.543 e. The van der Waals surface area contributed by atoms with E-state index in [0.29, 0.717) is 17.1 Å². The number of aliphatic carboxylic acids is 1. The van der Waals surface area contributed by atoms with Crippen LogP contribution in [0.3, 0.4) is 0 Å². The molecule has 0 aromatic heterocycles. The number of allylic oxidation sites excluding steroid dienone is 3. The number of amides is 1. The summed E-state index contributed by atoms with van der Waals surface area (Å²) in [6, 6.07) is 27.0. The van der Waals surface area contributed by atoms with Gasteiger partial charge in [0.2, 0.25) is 0 Å². The quantitative estimate of drug-likeness (QED) is 0.655. The normalized spacial score (nSPS) is 12.8. The molecule has 1 heterocycles. The Hall–Kier alpha value is -4.38. The molecule has 1 N–H and O–H groups in total. The van der Waals surface area contributed by atoms with Gasteiger partial charge in [0.15, 0.2) is 0 Å². The van der Waals surface area contributed by atoms with Crippen LogP contribution in [0.2, 0.25) is 0 Å². The summed E-state index contributed by atoms with van der Waals surface area (Å²) in [5.74, 6) is -1.11. The molecule has 1 amide bonds. The highest BCUT2D eigenvalue weighted by Gasteiger charge is 2.19. The van der Waals surface area contributed by atoms with Crippen molar-refractivity contribution in [2.24, 2.45) is 0 Å². The van der Waals surface area contributed by atoms with E-state index >= 15 is 0 Å². The van der Waals surface area contributed by atoms with Gasteiger partial charge in [-0.1, -0.05) is 78.9 Å². The van der Waals surface area contributed by atoms with E-state index < -0.39 is 11.9 Å². The van der Waals surface area contributed by atoms with Gasteiger partial charge in [0.05, 0.1) is 11.7 Å². The number of carboxylic acids is 1. The average molecular weight is 408 g/mol. The van der Waals surface area contributed by atoms with E-state index in [1.54, 1.807) is 42.5 Å². The third kappa shape index (κ3) is 4.62. The van der Waals surface area contributed by atoms with Crippen LogP contribution in [-0.2, 0) is 9.53 Å². The first kappa shape index (κ1) is 19.9. The predicted octanol–water partition coefficient (Wildman–Crippen LogP) is 3.53. The number of carbonyl (C=O) groups is 2. The Morgan fingerprint density at radius 1 is 0.677 bits per heavy atom. The molecule has 0 fully saturated rings. The molecule has 152 valence electrons. The molecule has 0 radical (unpaired) electrons. The van der Waals surface area contributed by atoms with Crippen molar-refractivity contribution < 1.29 is 19.4 Å². The zero-order valence-corrected chi connectivity index (χ0v) is 16.4. The van der Waals surface area contributed by atoms with E-state index in [1.165, 1.54) is 0 Å². The number of carboxylic acid groups (broad SMARTS) is 1. The van der Waals surface area contributed by atoms with Crippen LogP contribution in [0.15, 0.2) is 114 Å². The number of nitrogens with one attached hydrogen (secondary N) is 1. The topological polar surface area (TPSA) is 78.5 Å². The van der Waals surface area contributed by atoms with E-state index in [2.05, 4.69) is 5.32 Å². The summed E-state index contributed by atoms with van der Waals surface area (Å²) in [4.78, 5) is 24.6. The largest absolute Gasteiger partial charge is 0.543 e. The second-order valence-corrected chi connectivity index (χ2v) is 6.79. The third-order valence-electron chi connectivity index (χ3n) is 4.68. The van der Waals surface area contributed by atoms with Gasteiger partial charge in [0.25, 0.3) is 5.91 Å². The van der Waals surface area contributed by atoms with Gasteiger partial charge in [-0.25, -0.2) is 0 Å². The van der Waals surface area contributed by atoms with Crippen LogP contribution in [-0.4, -0.2) is 11.9 Å². The molecule has 4 rings (SSSR count). The first-order chi connectivity index (χ1) is 15.1. The average Bonchev–Trinajstić information content (AvgIpc) is 2.83. The molecule has 31 heavy (non-hydrogen) atoms. The number of rotatable bonds is 5. The third-order valence-corrected chi connectivity index (χ3v) is 4.68. The summed E-state index contributed by atoms with van der Waals surface area (Å²) < 4.78 is 6.07. The van der Waals surface area contributed by atoms with Gasteiger partial charge >= 0.3 is 0 Å². The lowest BCUT2D eigenvalue weighted by Gasteiger charge is -2.21. The van der Waals surface area contributed by atoms with Crippen LogP contribution in [0.25, 0.3) is 11.5 Å². The molecular weight excluding hydrogens is 390 g/mol. The fraction of sp³-hybridized carbons (Fsp3) is 0. The maximum absolute atomic E-state index is 12.6. The molecular formula is C26H18NO4-. The van der Waals surface area contributed by atoms with Crippen molar-refractivity contribution in [2.75, 3.05) is 0 Å². The van der Waals surface area contributed by atoms with Crippen molar-refractivity contribution in [2.45, 2.75) is 0 Å². The van der Waals surface area contributed by atoms with Crippen molar-refractivity contribution >= 4 is 23.4 Å². The van der Waals surface area contributed by atoms with E-state index in [1.807, 2.05) is 60.7 Å². The van der Waals surface area contributed by atoms with E-state index in [-0.39, 0.29) is 11.3 Å². The van der Waals surface area contributed by atoms with Crippen LogP contribution in [0.1, 0.15) is 21.5 Å². The lowest BCUT2D eigenvalue weighted by Crippen LogP contribution is -2.36. The van der Waals surface area contributed by atoms with Gasteiger partial charge in [0, 0.05) is 22.3 Å². The van der Waals surface area contributed by atoms with Crippen molar-refractivity contribution in [3.8, 4) is 0 Å². The number of carbonyl (C=O) groups excluding carboxylic acids is 2. The minimum absolute atomic E-state index is 0.272. The summed E-state index contributed by atoms with van der Waals surface area (Å²) in [5.41, 5.74) is 1.82. The van der Waals surface area contributed by atoms with Gasteiger partial charge in [-0.15, -0.1) is 0 Å². The molecule has 0 atom stereocenters. The molecule has 1 aliphatic heterocycles. The molecule has 3 aromatic carbocycles. The van der Waals surface area contributed by atoms with Gasteiger partial charge in [-0.2, -0.15) is 0 Å². The van der Waals surface area contributed by atoms with Crippen LogP contribution >= 0.6 is 0 Å². The van der Waals surface area contributed by atoms with Gasteiger partial charge < -0.3 is 20.0 Å². The fourth-order valence-corrected chi connectivity index (χ4v) is 3.15. The number of hydrogen-bond acceptors (Lipinski definition) is 4. The first-order valence-corrected chi connectivity index (χ1v) is 9.66. The summed E-state index contributed by atoms with van der Waals surface area (Å²) in [5, 5.41) is 14.4. The molecule has 5 nitrogen and oxygen atoms in total. The Morgan fingerprint density at radius 2 is 1.13 bits per heavy atom. The van der Waals surface area contributed by atoms with E-state index in [0.717, 1.165) is 11.1 Å². The van der Waals surface area contributed by atoms with Crippen molar-refractivity contribution in [1.82, 2.24) is 5.32 Å². The maximum Gasteiger partial charge on any atom is 0.255 e. The maximum atomic E-state index is 12.6. The minimum atomic E-state index is -1.49. The second-order valence-electron chi connectivity index (χ2n) is 6.79. The van der Waals surface area contributed by atoms with Crippen LogP contribution < -0.4 is 10.4 Å². The number of hydrogen-bond donors (Lipinski definition) is 1. The van der Waals surface area contributed by atoms with Gasteiger partial charge in [-0.3, -0.25) is 4.79 Å². The molecule has 0 spiro atoms. The Kier molecular flexibility index (Phi) is 5.76. The molecule has 0 aliphatic carbocycles. The Labute approximate surface area is 179 Å². The standard InChI is InChI=1S/C26H19NO4/c28-25(20-14-8-3-9-15-20)27-24(26(29)30)21-16-22(18-10-4-1-5-11-18)31-23(17-21)19-12-6-2-7-13-19/h1-17H,(H,27,28)(H,29,30)/p-1. The van der Waals surface area contributed by atoms with Crippen LogP contribution in [0.5, 0.6) is 0 Å². The summed E-state index contributed by atoms with van der Waals surface area (Å²) >= 11 is 0. The SMILES string of the molecule is O=C([O-])C(NC(=O)c1ccccc1)=C1C=C(c2ccccc2)OC(c2ccccc2)=C1. The second kappa shape index (κ2) is 8.97. The van der Waals surface area contributed by atoms with Gasteiger partial charge in [-0.05, 0) is 24.3 Å². The highest BCUT2D eigenvalue weighted by atomic mass is 16.5. The lowest BCUT2D eigenvalue weighted by atomic mass is 10.0. The Morgan fingerprint density at radius 3 is 1.58 bits per heavy atom. The molecule has 5 heteroatoms. The summed E-state index contributed by atoms with van der Waals surface area (Å²) in [6.07, 6.45) is 3.16. The molecule has 1 aliphatic rings. The molecule has 0 saturated heterocycles. The zero-order chi connectivity index (χ0) is 21.6. The first-order valence-electron chi connectivity index (χ1n) is 9.66. The van der Waals surface area contributed by atoms with Crippen LogP contribution in [0, 0.1) is 0 Å². The predicted molar refractivity (Wildman–Crippen MR) is 116 cm³/mol. The Balaban J connectivity index is 1.81. The highest BCUT2D eigenvalue weighted by molar-refractivity contribution is 6.01.